The quantitative estimate of drug-likeness (QED) is 0.602. The van der Waals surface area contributed by atoms with E-state index < -0.39 is 8.38 Å². The molecule has 0 unspecified atom stereocenters. The van der Waals surface area contributed by atoms with Crippen molar-refractivity contribution in [3.05, 3.63) is 28.9 Å². The lowest BCUT2D eigenvalue weighted by molar-refractivity contribution is 0.489. The number of hydrogen-bond acceptors (Lipinski definition) is 3. The maximum absolute atomic E-state index is 8.86. The van der Waals surface area contributed by atoms with Crippen molar-refractivity contribution in [3.8, 4) is 0 Å². The van der Waals surface area contributed by atoms with Crippen molar-refractivity contribution in [1.82, 2.24) is 4.98 Å². The lowest BCUT2D eigenvalue weighted by Crippen LogP contribution is -1.75. The maximum atomic E-state index is 8.86. The van der Waals surface area contributed by atoms with Gasteiger partial charge in [0.2, 0.25) is 0 Å². The largest absolute Gasteiger partial charge is 0.360 e. The Kier molecular flexibility index (Phi) is 3.69. The third-order valence-corrected chi connectivity index (χ3v) is 4.52. The van der Waals surface area contributed by atoms with E-state index in [1.165, 1.54) is 11.8 Å². The van der Waals surface area contributed by atoms with Gasteiger partial charge in [0, 0.05) is 26.5 Å². The van der Waals surface area contributed by atoms with Crippen LogP contribution in [-0.2, 0) is 0 Å². The Morgan fingerprint density at radius 3 is 2.93 bits per heavy atom. The van der Waals surface area contributed by atoms with Gasteiger partial charge < -0.3 is 14.8 Å². The van der Waals surface area contributed by atoms with Crippen LogP contribution in [0, 0.1) is 0 Å². The minimum Gasteiger partial charge on any atom is -0.360 e. The number of nitrogens with one attached hydrogen (secondary N) is 1. The molecular weight excluding hydrogens is 297 g/mol. The van der Waals surface area contributed by atoms with Crippen molar-refractivity contribution in [2.45, 2.75) is 4.90 Å². The smallest absolute Gasteiger partial charge is 0.175 e. The first-order chi connectivity index (χ1) is 7.16. The van der Waals surface area contributed by atoms with Crippen molar-refractivity contribution in [1.29, 1.82) is 0 Å². The van der Waals surface area contributed by atoms with E-state index in [2.05, 4.69) is 20.9 Å². The van der Waals surface area contributed by atoms with Crippen LogP contribution in [0.4, 0.5) is 0 Å². The molecule has 0 aliphatic rings. The summed E-state index contributed by atoms with van der Waals surface area (Å²) in [6, 6.07) is 5.98. The molecule has 6 heteroatoms. The highest BCUT2D eigenvalue weighted by molar-refractivity contribution is 9.10. The Labute approximate surface area is 101 Å². The SMILES string of the molecule is OP(O)CSc1c[nH]c2ccc(Br)cc12. The Hall–Kier alpha value is -0.0600. The number of aromatic nitrogens is 1. The topological polar surface area (TPSA) is 56.2 Å². The molecule has 2 rings (SSSR count). The van der Waals surface area contributed by atoms with Gasteiger partial charge in [-0.15, -0.1) is 11.8 Å². The third kappa shape index (κ3) is 2.74. The summed E-state index contributed by atoms with van der Waals surface area (Å²) in [5.74, 6) is 0. The van der Waals surface area contributed by atoms with Crippen LogP contribution < -0.4 is 0 Å². The molecule has 3 N–H and O–H groups in total. The van der Waals surface area contributed by atoms with Crippen LogP contribution in [0.25, 0.3) is 10.9 Å². The van der Waals surface area contributed by atoms with Gasteiger partial charge in [-0.3, -0.25) is 0 Å². The van der Waals surface area contributed by atoms with Gasteiger partial charge in [-0.05, 0) is 18.2 Å². The summed E-state index contributed by atoms with van der Waals surface area (Å²) in [6.45, 7) is 0. The molecule has 2 aromatic rings. The van der Waals surface area contributed by atoms with Crippen molar-refractivity contribution in [2.24, 2.45) is 0 Å². The first-order valence-electron chi connectivity index (χ1n) is 4.21. The predicted molar refractivity (Wildman–Crippen MR) is 68.1 cm³/mol. The van der Waals surface area contributed by atoms with Gasteiger partial charge in [-0.2, -0.15) is 0 Å². The second kappa shape index (κ2) is 4.85. The Morgan fingerprint density at radius 2 is 2.20 bits per heavy atom. The highest BCUT2D eigenvalue weighted by Gasteiger charge is 2.06. The van der Waals surface area contributed by atoms with E-state index in [1.54, 1.807) is 0 Å². The second-order valence-electron chi connectivity index (χ2n) is 2.99. The van der Waals surface area contributed by atoms with Crippen molar-refractivity contribution < 1.29 is 9.79 Å². The van der Waals surface area contributed by atoms with Gasteiger partial charge in [-0.1, -0.05) is 15.9 Å². The zero-order valence-electron chi connectivity index (χ0n) is 7.64. The molecule has 0 fully saturated rings. The van der Waals surface area contributed by atoms with Crippen LogP contribution in [0.15, 0.2) is 33.8 Å². The van der Waals surface area contributed by atoms with E-state index in [4.69, 9.17) is 9.79 Å². The predicted octanol–water partition coefficient (Wildman–Crippen LogP) is 3.28. The minimum atomic E-state index is -1.83. The normalized spacial score (nSPS) is 11.5. The zero-order chi connectivity index (χ0) is 10.8. The van der Waals surface area contributed by atoms with Gasteiger partial charge in [0.15, 0.2) is 8.38 Å². The van der Waals surface area contributed by atoms with E-state index in [0.29, 0.717) is 5.49 Å². The first-order valence-corrected chi connectivity index (χ1v) is 7.42. The molecule has 0 amide bonds. The molecule has 0 radical (unpaired) electrons. The van der Waals surface area contributed by atoms with Crippen LogP contribution in [0.3, 0.4) is 0 Å². The number of fused-ring (bicyclic) bond motifs is 1. The lowest BCUT2D eigenvalue weighted by atomic mass is 10.2. The molecule has 0 spiro atoms. The molecule has 0 aliphatic heterocycles. The zero-order valence-corrected chi connectivity index (χ0v) is 10.9. The molecule has 0 atom stereocenters. The molecular formula is C9H9BrNO2PS. The summed E-state index contributed by atoms with van der Waals surface area (Å²) in [6.07, 6.45) is 1.89. The molecule has 15 heavy (non-hydrogen) atoms. The summed E-state index contributed by atoms with van der Waals surface area (Å²) in [4.78, 5) is 21.9. The van der Waals surface area contributed by atoms with Crippen molar-refractivity contribution in [3.63, 3.8) is 0 Å². The van der Waals surface area contributed by atoms with Crippen LogP contribution in [-0.4, -0.2) is 20.3 Å². The van der Waals surface area contributed by atoms with Gasteiger partial charge in [0.1, 0.15) is 0 Å². The molecule has 0 saturated carbocycles. The summed E-state index contributed by atoms with van der Waals surface area (Å²) >= 11 is 4.86. The van der Waals surface area contributed by atoms with E-state index in [1.807, 2.05) is 24.4 Å². The third-order valence-electron chi connectivity index (χ3n) is 1.94. The van der Waals surface area contributed by atoms with E-state index in [-0.39, 0.29) is 0 Å². The fourth-order valence-corrected chi connectivity index (χ4v) is 3.16. The Morgan fingerprint density at radius 1 is 1.40 bits per heavy atom. The number of rotatable bonds is 3. The molecule has 1 aromatic carbocycles. The monoisotopic (exact) mass is 305 g/mol. The highest BCUT2D eigenvalue weighted by Crippen LogP contribution is 2.37. The van der Waals surface area contributed by atoms with E-state index in [0.717, 1.165) is 20.3 Å². The highest BCUT2D eigenvalue weighted by atomic mass is 79.9. The van der Waals surface area contributed by atoms with Gasteiger partial charge in [-0.25, -0.2) is 0 Å². The number of halogens is 1. The average Bonchev–Trinajstić information content (AvgIpc) is 2.57. The molecule has 0 saturated heterocycles. The standard InChI is InChI=1S/C9H9BrNO2PS/c10-6-1-2-8-7(3-6)9(4-11-8)15-5-14(12)13/h1-4,11-13H,5H2. The molecule has 1 heterocycles. The maximum Gasteiger partial charge on any atom is 0.175 e. The minimum absolute atomic E-state index is 0.342. The Bertz CT molecular complexity index is 474. The number of H-pyrrole nitrogens is 1. The van der Waals surface area contributed by atoms with E-state index >= 15 is 0 Å². The number of benzene rings is 1. The van der Waals surface area contributed by atoms with E-state index in [9.17, 15) is 0 Å². The van der Waals surface area contributed by atoms with Crippen LogP contribution in [0.1, 0.15) is 0 Å². The molecule has 1 aromatic heterocycles. The average molecular weight is 306 g/mol. The van der Waals surface area contributed by atoms with Crippen LogP contribution in [0.5, 0.6) is 0 Å². The van der Waals surface area contributed by atoms with Gasteiger partial charge in [0.25, 0.3) is 0 Å². The molecule has 80 valence electrons. The summed E-state index contributed by atoms with van der Waals surface area (Å²) < 4.78 is 1.02. The summed E-state index contributed by atoms with van der Waals surface area (Å²) in [5.41, 5.74) is 1.40. The van der Waals surface area contributed by atoms with Gasteiger partial charge >= 0.3 is 0 Å². The van der Waals surface area contributed by atoms with Crippen LogP contribution in [0.2, 0.25) is 0 Å². The Balaban J connectivity index is 2.31. The fraction of sp³-hybridized carbons (Fsp3) is 0.111. The number of thioether (sulfide) groups is 1. The fourth-order valence-electron chi connectivity index (χ4n) is 1.31. The molecule has 0 aliphatic carbocycles. The number of hydrogen-bond donors (Lipinski definition) is 3. The summed E-state index contributed by atoms with van der Waals surface area (Å²) in [7, 11) is -1.83. The second-order valence-corrected chi connectivity index (χ2v) is 6.41. The lowest BCUT2D eigenvalue weighted by Gasteiger charge is -2.01. The van der Waals surface area contributed by atoms with Crippen LogP contribution >= 0.6 is 36.1 Å². The summed E-state index contributed by atoms with van der Waals surface area (Å²) in [5, 5.41) is 1.10. The first kappa shape index (κ1) is 11.4. The van der Waals surface area contributed by atoms with Gasteiger partial charge in [0.05, 0.1) is 5.49 Å². The van der Waals surface area contributed by atoms with Crippen molar-refractivity contribution in [2.75, 3.05) is 5.49 Å². The molecule has 3 nitrogen and oxygen atoms in total. The number of aromatic amines is 1. The van der Waals surface area contributed by atoms with Crippen molar-refractivity contribution >= 4 is 47.0 Å². The molecule has 0 bridgehead atoms.